The monoisotopic (exact) mass is 278 g/mol. The van der Waals surface area contributed by atoms with Crippen LogP contribution in [-0.4, -0.2) is 19.8 Å². The van der Waals surface area contributed by atoms with Gasteiger partial charge >= 0.3 is 0 Å². The van der Waals surface area contributed by atoms with Gasteiger partial charge in [-0.3, -0.25) is 5.43 Å². The fraction of sp³-hybridized carbons (Fsp3) is 0.176. The second-order valence-corrected chi connectivity index (χ2v) is 4.66. The van der Waals surface area contributed by atoms with Gasteiger partial charge in [0.05, 0.1) is 24.4 Å². The van der Waals surface area contributed by atoms with Crippen molar-refractivity contribution in [2.75, 3.05) is 23.9 Å². The summed E-state index contributed by atoms with van der Waals surface area (Å²) >= 11 is 0. The summed E-state index contributed by atoms with van der Waals surface area (Å²) in [4.78, 5) is 2.06. The zero-order chi connectivity index (χ0) is 14.9. The number of hydrogen-bond donors (Lipinski definition) is 1. The molecule has 0 aliphatic carbocycles. The van der Waals surface area contributed by atoms with Gasteiger partial charge in [-0.25, -0.2) is 0 Å². The zero-order valence-electron chi connectivity index (χ0n) is 12.0. The predicted molar refractivity (Wildman–Crippen MR) is 87.6 cm³/mol. The Morgan fingerprint density at radius 3 is 2.52 bits per heavy atom. The van der Waals surface area contributed by atoms with Crippen LogP contribution in [0.1, 0.15) is 12.0 Å². The molecular formula is C17H18N4. The van der Waals surface area contributed by atoms with Crippen LogP contribution in [0.3, 0.4) is 0 Å². The number of hydrogen-bond acceptors (Lipinski definition) is 4. The van der Waals surface area contributed by atoms with Crippen molar-refractivity contribution >= 4 is 17.6 Å². The Labute approximate surface area is 125 Å². The summed E-state index contributed by atoms with van der Waals surface area (Å²) in [5, 5.41) is 12.8. The van der Waals surface area contributed by atoms with Crippen molar-refractivity contribution in [1.82, 2.24) is 0 Å². The van der Waals surface area contributed by atoms with Gasteiger partial charge in [-0.05, 0) is 29.8 Å². The number of anilines is 2. The van der Waals surface area contributed by atoms with E-state index in [1.54, 1.807) is 6.21 Å². The van der Waals surface area contributed by atoms with Crippen molar-refractivity contribution < 1.29 is 0 Å². The van der Waals surface area contributed by atoms with Gasteiger partial charge in [0.25, 0.3) is 0 Å². The summed E-state index contributed by atoms with van der Waals surface area (Å²) in [6.07, 6.45) is 2.31. The quantitative estimate of drug-likeness (QED) is 0.650. The first-order valence-corrected chi connectivity index (χ1v) is 6.82. The van der Waals surface area contributed by atoms with Crippen LogP contribution in [-0.2, 0) is 0 Å². The average molecular weight is 278 g/mol. The van der Waals surface area contributed by atoms with Gasteiger partial charge in [-0.15, -0.1) is 0 Å². The van der Waals surface area contributed by atoms with Gasteiger partial charge in [0, 0.05) is 19.3 Å². The van der Waals surface area contributed by atoms with Crippen molar-refractivity contribution in [3.63, 3.8) is 0 Å². The maximum atomic E-state index is 8.60. The summed E-state index contributed by atoms with van der Waals surface area (Å²) in [5.74, 6) is 0. The van der Waals surface area contributed by atoms with Crippen LogP contribution in [0.4, 0.5) is 11.4 Å². The Kier molecular flexibility index (Phi) is 5.36. The lowest BCUT2D eigenvalue weighted by Crippen LogP contribution is -2.17. The largest absolute Gasteiger partial charge is 0.374 e. The smallest absolute Gasteiger partial charge is 0.0640 e. The Morgan fingerprint density at radius 1 is 1.14 bits per heavy atom. The molecule has 21 heavy (non-hydrogen) atoms. The molecule has 2 aromatic rings. The third-order valence-corrected chi connectivity index (χ3v) is 3.07. The molecule has 0 spiro atoms. The Hall–Kier alpha value is -2.80. The highest BCUT2D eigenvalue weighted by atomic mass is 15.3. The topological polar surface area (TPSA) is 51.4 Å². The first kappa shape index (κ1) is 14.6. The summed E-state index contributed by atoms with van der Waals surface area (Å²) in [5.41, 5.74) is 6.06. The Balaban J connectivity index is 1.92. The maximum Gasteiger partial charge on any atom is 0.0640 e. The first-order valence-electron chi connectivity index (χ1n) is 6.82. The van der Waals surface area contributed by atoms with Crippen LogP contribution < -0.4 is 10.3 Å². The van der Waals surface area contributed by atoms with Crippen molar-refractivity contribution in [1.29, 1.82) is 5.26 Å². The maximum absolute atomic E-state index is 8.60. The van der Waals surface area contributed by atoms with Gasteiger partial charge in [-0.2, -0.15) is 10.4 Å². The summed E-state index contributed by atoms with van der Waals surface area (Å²) < 4.78 is 0. The molecule has 2 rings (SSSR count). The zero-order valence-corrected chi connectivity index (χ0v) is 12.0. The van der Waals surface area contributed by atoms with Gasteiger partial charge in [0.15, 0.2) is 0 Å². The molecule has 0 saturated heterocycles. The molecule has 0 heterocycles. The molecule has 4 heteroatoms. The van der Waals surface area contributed by atoms with E-state index in [2.05, 4.69) is 21.5 Å². The summed E-state index contributed by atoms with van der Waals surface area (Å²) in [6.45, 7) is 0.736. The number of hydrazone groups is 1. The van der Waals surface area contributed by atoms with Crippen molar-refractivity contribution in [3.8, 4) is 6.07 Å². The molecule has 0 radical (unpaired) electrons. The van der Waals surface area contributed by atoms with Crippen LogP contribution in [0.5, 0.6) is 0 Å². The van der Waals surface area contributed by atoms with E-state index in [0.29, 0.717) is 6.42 Å². The van der Waals surface area contributed by atoms with E-state index >= 15 is 0 Å². The van der Waals surface area contributed by atoms with Crippen LogP contribution in [0, 0.1) is 11.3 Å². The summed E-state index contributed by atoms with van der Waals surface area (Å²) in [7, 11) is 1.98. The first-order chi connectivity index (χ1) is 10.3. The van der Waals surface area contributed by atoms with E-state index in [-0.39, 0.29) is 0 Å². The van der Waals surface area contributed by atoms with Crippen molar-refractivity contribution in [3.05, 3.63) is 60.2 Å². The van der Waals surface area contributed by atoms with E-state index in [1.165, 1.54) is 0 Å². The normalized spacial score (nSPS) is 10.3. The van der Waals surface area contributed by atoms with Gasteiger partial charge in [-0.1, -0.05) is 30.3 Å². The number of nitriles is 1. The third kappa shape index (κ3) is 4.66. The van der Waals surface area contributed by atoms with E-state index < -0.39 is 0 Å². The van der Waals surface area contributed by atoms with Gasteiger partial charge < -0.3 is 4.90 Å². The minimum absolute atomic E-state index is 0.528. The number of rotatable bonds is 6. The highest BCUT2D eigenvalue weighted by Gasteiger charge is 1.99. The second-order valence-electron chi connectivity index (χ2n) is 4.66. The number of nitrogens with one attached hydrogen (secondary N) is 1. The molecule has 0 unspecified atom stereocenters. The number of para-hydroxylation sites is 1. The predicted octanol–water partition coefficient (Wildman–Crippen LogP) is 3.48. The highest BCUT2D eigenvalue weighted by Crippen LogP contribution is 2.13. The van der Waals surface area contributed by atoms with E-state index in [0.717, 1.165) is 23.5 Å². The minimum Gasteiger partial charge on any atom is -0.374 e. The van der Waals surface area contributed by atoms with Crippen LogP contribution in [0.15, 0.2) is 59.7 Å². The standard InChI is InChI=1S/C17H18N4/c1-21(13-5-12-18)17-10-8-15(9-11-17)14-19-20-16-6-3-2-4-7-16/h2-4,6-11,14,20H,5,13H2,1H3/b19-14-. The SMILES string of the molecule is CN(CCC#N)c1ccc(/C=N\Nc2ccccc2)cc1. The lowest BCUT2D eigenvalue weighted by molar-refractivity contribution is 0.905. The van der Waals surface area contributed by atoms with Crippen molar-refractivity contribution in [2.45, 2.75) is 6.42 Å². The molecule has 0 bridgehead atoms. The third-order valence-electron chi connectivity index (χ3n) is 3.07. The van der Waals surface area contributed by atoms with E-state index in [1.807, 2.05) is 61.6 Å². The molecule has 2 aromatic carbocycles. The molecule has 106 valence electrons. The molecule has 0 saturated carbocycles. The molecule has 1 N–H and O–H groups in total. The molecule has 0 atom stereocenters. The fourth-order valence-electron chi connectivity index (χ4n) is 1.86. The molecule has 0 aliphatic rings. The lowest BCUT2D eigenvalue weighted by Gasteiger charge is -2.17. The van der Waals surface area contributed by atoms with E-state index in [9.17, 15) is 0 Å². The van der Waals surface area contributed by atoms with E-state index in [4.69, 9.17) is 5.26 Å². The number of benzene rings is 2. The molecular weight excluding hydrogens is 260 g/mol. The highest BCUT2D eigenvalue weighted by molar-refractivity contribution is 5.80. The van der Waals surface area contributed by atoms with Crippen LogP contribution in [0.2, 0.25) is 0 Å². The second kappa shape index (κ2) is 7.71. The molecule has 4 nitrogen and oxygen atoms in total. The summed E-state index contributed by atoms with van der Waals surface area (Å²) in [6, 6.07) is 20.0. The Morgan fingerprint density at radius 2 is 1.86 bits per heavy atom. The minimum atomic E-state index is 0.528. The fourth-order valence-corrected chi connectivity index (χ4v) is 1.86. The Bertz CT molecular complexity index is 611. The lowest BCUT2D eigenvalue weighted by atomic mass is 10.2. The molecule has 0 fully saturated rings. The number of nitrogens with zero attached hydrogens (tertiary/aromatic N) is 3. The molecule has 0 amide bonds. The van der Waals surface area contributed by atoms with Gasteiger partial charge in [0.2, 0.25) is 0 Å². The van der Waals surface area contributed by atoms with Crippen molar-refractivity contribution in [2.24, 2.45) is 5.10 Å². The average Bonchev–Trinajstić information content (AvgIpc) is 2.54. The van der Waals surface area contributed by atoms with Gasteiger partial charge in [0.1, 0.15) is 0 Å². The molecule has 0 aromatic heterocycles. The molecule has 0 aliphatic heterocycles. The van der Waals surface area contributed by atoms with Crippen LogP contribution in [0.25, 0.3) is 0 Å². The van der Waals surface area contributed by atoms with Crippen LogP contribution >= 0.6 is 0 Å².